The molecule has 46 heavy (non-hydrogen) atoms. The predicted molar refractivity (Wildman–Crippen MR) is 167 cm³/mol. The summed E-state index contributed by atoms with van der Waals surface area (Å²) in [6.45, 7) is 1.71. The minimum absolute atomic E-state index is 0.0139. The number of amides is 2. The Kier molecular flexibility index (Phi) is 10.0. The molecule has 1 aliphatic rings. The Morgan fingerprint density at radius 2 is 1.33 bits per heavy atom. The number of halogens is 1. The summed E-state index contributed by atoms with van der Waals surface area (Å²) in [5.41, 5.74) is 5.15. The van der Waals surface area contributed by atoms with Gasteiger partial charge in [-0.3, -0.25) is 14.9 Å². The van der Waals surface area contributed by atoms with Crippen LogP contribution in [0.2, 0.25) is 0 Å². The molecule has 0 bridgehead atoms. The fourth-order valence-corrected chi connectivity index (χ4v) is 5.55. The minimum atomic E-state index is -1.22. The van der Waals surface area contributed by atoms with E-state index in [9.17, 15) is 28.9 Å². The van der Waals surface area contributed by atoms with E-state index < -0.39 is 40.8 Å². The first kappa shape index (κ1) is 31.8. The molecule has 5 rings (SSSR count). The van der Waals surface area contributed by atoms with Crippen molar-refractivity contribution in [2.45, 2.75) is 37.8 Å². The zero-order valence-electron chi connectivity index (χ0n) is 25.0. The van der Waals surface area contributed by atoms with Gasteiger partial charge in [0.25, 0.3) is 5.69 Å². The van der Waals surface area contributed by atoms with E-state index >= 15 is 0 Å². The van der Waals surface area contributed by atoms with E-state index in [1.807, 2.05) is 48.5 Å². The average molecular weight is 626 g/mol. The number of nitro benzene ring substituents is 1. The van der Waals surface area contributed by atoms with Crippen LogP contribution in [0.25, 0.3) is 11.1 Å². The fraction of sp³-hybridized carbons (Fsp3) is 0.229. The molecule has 0 aromatic heterocycles. The van der Waals surface area contributed by atoms with E-state index in [2.05, 4.69) is 10.6 Å². The van der Waals surface area contributed by atoms with Gasteiger partial charge in [-0.1, -0.05) is 72.8 Å². The van der Waals surface area contributed by atoms with E-state index in [1.54, 1.807) is 6.92 Å². The molecule has 236 valence electrons. The summed E-state index contributed by atoms with van der Waals surface area (Å²) < 4.78 is 24.3. The number of benzene rings is 4. The molecule has 10 nitrogen and oxygen atoms in total. The number of non-ortho nitro benzene ring substituents is 1. The second-order valence-electron chi connectivity index (χ2n) is 10.8. The van der Waals surface area contributed by atoms with Gasteiger partial charge < -0.3 is 20.1 Å². The van der Waals surface area contributed by atoms with Crippen LogP contribution in [0.5, 0.6) is 0 Å². The van der Waals surface area contributed by atoms with E-state index in [0.29, 0.717) is 11.1 Å². The monoisotopic (exact) mass is 625 g/mol. The van der Waals surface area contributed by atoms with Crippen LogP contribution in [0.1, 0.15) is 35.1 Å². The van der Waals surface area contributed by atoms with Crippen LogP contribution in [0.15, 0.2) is 97.1 Å². The van der Waals surface area contributed by atoms with Crippen molar-refractivity contribution in [3.05, 3.63) is 135 Å². The molecular weight excluding hydrogens is 593 g/mol. The van der Waals surface area contributed by atoms with Crippen molar-refractivity contribution in [1.29, 1.82) is 0 Å². The largest absolute Gasteiger partial charge is 0.464 e. The first-order chi connectivity index (χ1) is 22.2. The molecule has 2 N–H and O–H groups in total. The number of esters is 1. The Bertz CT molecular complexity index is 1680. The number of carbonyl (C=O) groups is 3. The van der Waals surface area contributed by atoms with E-state index in [-0.39, 0.29) is 37.7 Å². The molecule has 0 spiro atoms. The minimum Gasteiger partial charge on any atom is -0.464 e. The van der Waals surface area contributed by atoms with Gasteiger partial charge in [0, 0.05) is 30.9 Å². The van der Waals surface area contributed by atoms with Crippen molar-refractivity contribution in [3.63, 3.8) is 0 Å². The molecule has 0 radical (unpaired) electrons. The Balaban J connectivity index is 1.33. The topological polar surface area (TPSA) is 137 Å². The van der Waals surface area contributed by atoms with Crippen LogP contribution in [0, 0.1) is 15.9 Å². The molecule has 0 fully saturated rings. The van der Waals surface area contributed by atoms with Crippen LogP contribution in [-0.2, 0) is 31.9 Å². The van der Waals surface area contributed by atoms with Gasteiger partial charge in [-0.25, -0.2) is 14.0 Å². The van der Waals surface area contributed by atoms with Gasteiger partial charge >= 0.3 is 12.1 Å². The van der Waals surface area contributed by atoms with E-state index in [4.69, 9.17) is 9.47 Å². The molecule has 11 heteroatoms. The lowest BCUT2D eigenvalue weighted by molar-refractivity contribution is -0.384. The van der Waals surface area contributed by atoms with Crippen molar-refractivity contribution in [1.82, 2.24) is 10.6 Å². The first-order valence-corrected chi connectivity index (χ1v) is 14.8. The quantitative estimate of drug-likeness (QED) is 0.121. The summed E-state index contributed by atoms with van der Waals surface area (Å²) in [6, 6.07) is 24.5. The number of fused-ring (bicyclic) bond motifs is 3. The molecule has 0 saturated heterocycles. The van der Waals surface area contributed by atoms with Gasteiger partial charge in [-0.15, -0.1) is 0 Å². The van der Waals surface area contributed by atoms with Crippen LogP contribution in [-0.4, -0.2) is 48.2 Å². The lowest BCUT2D eigenvalue weighted by atomic mass is 9.98. The standard InChI is InChI=1S/C35H32FN3O7/c1-2-45-34(41)32(20-22-11-15-24(36)16-12-22)37-33(40)31(19-23-13-17-25(18-14-23)39(43)44)38-35(42)46-21-30-28-9-5-3-7-26(28)27-8-4-6-10-29(27)30/h3-18,30-32H,2,19-21H2,1H3,(H,37,40)(H,38,42)/t31-,32-/m0/s1. The van der Waals surface area contributed by atoms with Gasteiger partial charge in [0.1, 0.15) is 24.5 Å². The van der Waals surface area contributed by atoms with Crippen molar-refractivity contribution < 1.29 is 33.2 Å². The zero-order chi connectivity index (χ0) is 32.6. The average Bonchev–Trinajstić information content (AvgIpc) is 3.38. The summed E-state index contributed by atoms with van der Waals surface area (Å²) in [4.78, 5) is 50.3. The maximum atomic E-state index is 13.7. The second-order valence-corrected chi connectivity index (χ2v) is 10.8. The summed E-state index contributed by atoms with van der Waals surface area (Å²) in [6.07, 6.45) is -0.893. The summed E-state index contributed by atoms with van der Waals surface area (Å²) >= 11 is 0. The van der Waals surface area contributed by atoms with Crippen molar-refractivity contribution in [2.24, 2.45) is 0 Å². The highest BCUT2D eigenvalue weighted by Crippen LogP contribution is 2.44. The van der Waals surface area contributed by atoms with Gasteiger partial charge in [0.2, 0.25) is 5.91 Å². The normalized spacial score (nSPS) is 13.1. The van der Waals surface area contributed by atoms with Gasteiger partial charge in [-0.05, 0) is 52.4 Å². The SMILES string of the molecule is CCOC(=O)[C@H](Cc1ccc(F)cc1)NC(=O)[C@H](Cc1ccc([N+](=O)[O-])cc1)NC(=O)OCC1c2ccccc2-c2ccccc21. The number of ether oxygens (including phenoxy) is 2. The molecule has 0 heterocycles. The van der Waals surface area contributed by atoms with Crippen molar-refractivity contribution in [2.75, 3.05) is 13.2 Å². The number of rotatable bonds is 12. The number of hydrogen-bond donors (Lipinski definition) is 2. The van der Waals surface area contributed by atoms with Crippen LogP contribution >= 0.6 is 0 Å². The number of alkyl carbamates (subject to hydrolysis) is 1. The third-order valence-electron chi connectivity index (χ3n) is 7.78. The van der Waals surface area contributed by atoms with Crippen LogP contribution in [0.3, 0.4) is 0 Å². The maximum absolute atomic E-state index is 13.7. The highest BCUT2D eigenvalue weighted by Gasteiger charge is 2.31. The third kappa shape index (κ3) is 7.55. The number of nitrogens with one attached hydrogen (secondary N) is 2. The number of hydrogen-bond acceptors (Lipinski definition) is 7. The molecule has 0 unspecified atom stereocenters. The predicted octanol–water partition coefficient (Wildman–Crippen LogP) is 5.47. The smallest absolute Gasteiger partial charge is 0.407 e. The zero-order valence-corrected chi connectivity index (χ0v) is 25.0. The van der Waals surface area contributed by atoms with Gasteiger partial charge in [-0.2, -0.15) is 0 Å². The molecular formula is C35H32FN3O7. The maximum Gasteiger partial charge on any atom is 0.407 e. The lowest BCUT2D eigenvalue weighted by Crippen LogP contribution is -2.53. The van der Waals surface area contributed by atoms with E-state index in [1.165, 1.54) is 48.5 Å². The first-order valence-electron chi connectivity index (χ1n) is 14.8. The highest BCUT2D eigenvalue weighted by molar-refractivity contribution is 5.90. The van der Waals surface area contributed by atoms with E-state index in [0.717, 1.165) is 22.3 Å². The van der Waals surface area contributed by atoms with Crippen molar-refractivity contribution >= 4 is 23.7 Å². The molecule has 2 atom stereocenters. The molecule has 4 aromatic rings. The molecule has 0 saturated carbocycles. The molecule has 0 aliphatic heterocycles. The Labute approximate surface area is 264 Å². The number of nitrogens with zero attached hydrogens (tertiary/aromatic N) is 1. The molecule has 1 aliphatic carbocycles. The van der Waals surface area contributed by atoms with Crippen LogP contribution < -0.4 is 10.6 Å². The number of carbonyl (C=O) groups excluding carboxylic acids is 3. The summed E-state index contributed by atoms with van der Waals surface area (Å²) in [5.74, 6) is -2.05. The van der Waals surface area contributed by atoms with Gasteiger partial charge in [0.15, 0.2) is 0 Å². The summed E-state index contributed by atoms with van der Waals surface area (Å²) in [7, 11) is 0. The lowest BCUT2D eigenvalue weighted by Gasteiger charge is -2.23. The Morgan fingerprint density at radius 3 is 1.89 bits per heavy atom. The highest BCUT2D eigenvalue weighted by atomic mass is 19.1. The van der Waals surface area contributed by atoms with Crippen molar-refractivity contribution in [3.8, 4) is 11.1 Å². The Morgan fingerprint density at radius 1 is 0.783 bits per heavy atom. The van der Waals surface area contributed by atoms with Gasteiger partial charge in [0.05, 0.1) is 11.5 Å². The second kappa shape index (κ2) is 14.5. The number of nitro groups is 1. The summed E-state index contributed by atoms with van der Waals surface area (Å²) in [5, 5.41) is 16.4. The Hall–Kier alpha value is -5.58. The fourth-order valence-electron chi connectivity index (χ4n) is 5.55. The molecule has 2 amide bonds. The molecule has 4 aromatic carbocycles. The van der Waals surface area contributed by atoms with Crippen LogP contribution in [0.4, 0.5) is 14.9 Å². The third-order valence-corrected chi connectivity index (χ3v) is 7.78.